The quantitative estimate of drug-likeness (QED) is 0.779. The molecule has 0 saturated heterocycles. The zero-order valence-corrected chi connectivity index (χ0v) is 13.8. The molecule has 0 radical (unpaired) electrons. The van der Waals surface area contributed by atoms with Crippen LogP contribution in [0.5, 0.6) is 0 Å². The Morgan fingerprint density at radius 2 is 2.00 bits per heavy atom. The topological polar surface area (TPSA) is 85.5 Å². The molecule has 7 heteroatoms. The van der Waals surface area contributed by atoms with Crippen LogP contribution in [0.2, 0.25) is 0 Å². The number of esters is 1. The monoisotopic (exact) mass is 313 g/mol. The van der Waals surface area contributed by atoms with Gasteiger partial charge in [-0.15, -0.1) is 0 Å². The normalized spacial score (nSPS) is 10.7. The summed E-state index contributed by atoms with van der Waals surface area (Å²) in [6.45, 7) is 6.37. The lowest BCUT2D eigenvalue weighted by atomic mass is 10.0. The Labute approximate surface area is 129 Å². The van der Waals surface area contributed by atoms with Gasteiger partial charge in [0, 0.05) is 6.54 Å². The van der Waals surface area contributed by atoms with Crippen molar-refractivity contribution in [1.29, 1.82) is 0 Å². The molecule has 0 saturated carbocycles. The summed E-state index contributed by atoms with van der Waals surface area (Å²) in [7, 11) is 1.32. The number of rotatable bonds is 7. The van der Waals surface area contributed by atoms with Crippen molar-refractivity contribution in [3.05, 3.63) is 10.6 Å². The highest BCUT2D eigenvalue weighted by atomic mass is 32.1. The molecule has 2 N–H and O–H groups in total. The highest BCUT2D eigenvalue weighted by Gasteiger charge is 2.25. The Hall–Kier alpha value is -1.63. The third-order valence-electron chi connectivity index (χ3n) is 3.48. The summed E-state index contributed by atoms with van der Waals surface area (Å²) in [5, 5.41) is 0.358. The van der Waals surface area contributed by atoms with Crippen molar-refractivity contribution in [2.75, 3.05) is 25.9 Å². The molecule has 1 aromatic rings. The minimum Gasteiger partial charge on any atom is -0.468 e. The van der Waals surface area contributed by atoms with Gasteiger partial charge in [0.2, 0.25) is 0 Å². The summed E-state index contributed by atoms with van der Waals surface area (Å²) >= 11 is 1.15. The number of nitrogen functional groups attached to an aromatic ring is 1. The Balaban J connectivity index is 2.96. The number of hydrogen-bond donors (Lipinski definition) is 1. The summed E-state index contributed by atoms with van der Waals surface area (Å²) < 4.78 is 4.68. The lowest BCUT2D eigenvalue weighted by Gasteiger charge is -2.25. The zero-order chi connectivity index (χ0) is 16.0. The number of nitrogens with zero attached hydrogens (tertiary/aromatic N) is 2. The molecule has 0 bridgehead atoms. The van der Waals surface area contributed by atoms with Crippen molar-refractivity contribution in [1.82, 2.24) is 9.88 Å². The fourth-order valence-corrected chi connectivity index (χ4v) is 2.86. The van der Waals surface area contributed by atoms with Crippen LogP contribution in [0.3, 0.4) is 0 Å². The van der Waals surface area contributed by atoms with E-state index in [1.54, 1.807) is 6.92 Å². The number of thiazole rings is 1. The third-order valence-corrected chi connectivity index (χ3v) is 4.45. The smallest absolute Gasteiger partial charge is 0.325 e. The maximum Gasteiger partial charge on any atom is 0.325 e. The maximum atomic E-state index is 12.6. The van der Waals surface area contributed by atoms with Gasteiger partial charge in [0.25, 0.3) is 5.91 Å². The van der Waals surface area contributed by atoms with Crippen LogP contribution < -0.4 is 5.73 Å². The summed E-state index contributed by atoms with van der Waals surface area (Å²) in [5.74, 6) is -0.285. The number of ether oxygens (including phenoxy) is 1. The van der Waals surface area contributed by atoms with Crippen LogP contribution in [0, 0.1) is 12.8 Å². The first-order valence-electron chi connectivity index (χ1n) is 7.01. The summed E-state index contributed by atoms with van der Waals surface area (Å²) in [5.41, 5.74) is 6.24. The van der Waals surface area contributed by atoms with E-state index in [0.29, 0.717) is 28.2 Å². The molecule has 0 aliphatic carbocycles. The fourth-order valence-electron chi connectivity index (χ4n) is 2.06. The molecule has 1 amide bonds. The number of aromatic nitrogens is 1. The van der Waals surface area contributed by atoms with E-state index in [2.05, 4.69) is 23.6 Å². The standard InChI is InChI=1S/C14H23N3O3S/c1-5-10(6-2)7-17(8-11(18)20-4)13(19)12-9(3)16-14(15)21-12/h10H,5-8H2,1-4H3,(H2,15,16). The van der Waals surface area contributed by atoms with Gasteiger partial charge in [0.05, 0.1) is 12.8 Å². The van der Waals surface area contributed by atoms with Crippen molar-refractivity contribution < 1.29 is 14.3 Å². The van der Waals surface area contributed by atoms with Gasteiger partial charge < -0.3 is 15.4 Å². The van der Waals surface area contributed by atoms with Crippen molar-refractivity contribution in [2.45, 2.75) is 33.6 Å². The molecule has 6 nitrogen and oxygen atoms in total. The predicted octanol–water partition coefficient (Wildman–Crippen LogP) is 2.09. The van der Waals surface area contributed by atoms with E-state index >= 15 is 0 Å². The van der Waals surface area contributed by atoms with Crippen LogP contribution in [0.15, 0.2) is 0 Å². The second-order valence-corrected chi connectivity index (χ2v) is 5.94. The van der Waals surface area contributed by atoms with Crippen molar-refractivity contribution in [3.63, 3.8) is 0 Å². The predicted molar refractivity (Wildman–Crippen MR) is 83.3 cm³/mol. The van der Waals surface area contributed by atoms with E-state index in [0.717, 1.165) is 24.2 Å². The molecular formula is C14H23N3O3S. The molecule has 1 heterocycles. The first-order valence-corrected chi connectivity index (χ1v) is 7.83. The number of amides is 1. The fraction of sp³-hybridized carbons (Fsp3) is 0.643. The van der Waals surface area contributed by atoms with Gasteiger partial charge in [-0.05, 0) is 12.8 Å². The molecule has 0 spiro atoms. The third kappa shape index (κ3) is 4.70. The lowest BCUT2D eigenvalue weighted by Crippen LogP contribution is -2.39. The van der Waals surface area contributed by atoms with Crippen LogP contribution >= 0.6 is 11.3 Å². The summed E-state index contributed by atoms with van der Waals surface area (Å²) in [6.07, 6.45) is 1.90. The molecule has 21 heavy (non-hydrogen) atoms. The summed E-state index contributed by atoms with van der Waals surface area (Å²) in [4.78, 5) is 30.3. The lowest BCUT2D eigenvalue weighted by molar-refractivity contribution is -0.141. The Kier molecular flexibility index (Phi) is 6.61. The number of anilines is 1. The van der Waals surface area contributed by atoms with E-state index in [1.807, 2.05) is 0 Å². The number of methoxy groups -OCH3 is 1. The van der Waals surface area contributed by atoms with Gasteiger partial charge in [-0.3, -0.25) is 9.59 Å². The molecule has 118 valence electrons. The molecule has 0 aromatic carbocycles. The average Bonchev–Trinajstić information content (AvgIpc) is 2.81. The second-order valence-electron chi connectivity index (χ2n) is 4.91. The second kappa shape index (κ2) is 7.97. The minimum absolute atomic E-state index is 0.0525. The molecule has 0 fully saturated rings. The van der Waals surface area contributed by atoms with Crippen molar-refractivity contribution >= 4 is 28.3 Å². The van der Waals surface area contributed by atoms with Crippen LogP contribution in [0.25, 0.3) is 0 Å². The molecule has 0 unspecified atom stereocenters. The number of hydrogen-bond acceptors (Lipinski definition) is 6. The van der Waals surface area contributed by atoms with Crippen LogP contribution in [0.4, 0.5) is 5.13 Å². The first-order chi connectivity index (χ1) is 9.92. The van der Waals surface area contributed by atoms with Gasteiger partial charge in [-0.1, -0.05) is 38.0 Å². The highest BCUT2D eigenvalue weighted by Crippen LogP contribution is 2.22. The van der Waals surface area contributed by atoms with Crippen LogP contribution in [0.1, 0.15) is 42.1 Å². The number of aryl methyl sites for hydroxylation is 1. The average molecular weight is 313 g/mol. The number of carbonyl (C=O) groups excluding carboxylic acids is 2. The zero-order valence-electron chi connectivity index (χ0n) is 13.0. The van der Waals surface area contributed by atoms with E-state index in [4.69, 9.17) is 5.73 Å². The Morgan fingerprint density at radius 3 is 2.43 bits per heavy atom. The maximum absolute atomic E-state index is 12.6. The Morgan fingerprint density at radius 1 is 1.38 bits per heavy atom. The van der Waals surface area contributed by atoms with Gasteiger partial charge in [0.15, 0.2) is 5.13 Å². The van der Waals surface area contributed by atoms with Crippen molar-refractivity contribution in [3.8, 4) is 0 Å². The van der Waals surface area contributed by atoms with Gasteiger partial charge in [-0.25, -0.2) is 4.98 Å². The SMILES string of the molecule is CCC(CC)CN(CC(=O)OC)C(=O)c1sc(N)nc1C. The van der Waals surface area contributed by atoms with Gasteiger partial charge in [0.1, 0.15) is 11.4 Å². The van der Waals surface area contributed by atoms with Gasteiger partial charge in [-0.2, -0.15) is 0 Å². The van der Waals surface area contributed by atoms with E-state index in [9.17, 15) is 9.59 Å². The van der Waals surface area contributed by atoms with E-state index < -0.39 is 5.97 Å². The Bertz CT molecular complexity index is 498. The van der Waals surface area contributed by atoms with Crippen LogP contribution in [-0.4, -0.2) is 42.0 Å². The molecular weight excluding hydrogens is 290 g/mol. The minimum atomic E-state index is -0.426. The molecule has 0 aliphatic heterocycles. The van der Waals surface area contributed by atoms with Gasteiger partial charge >= 0.3 is 5.97 Å². The van der Waals surface area contributed by atoms with E-state index in [1.165, 1.54) is 12.0 Å². The number of carbonyl (C=O) groups is 2. The molecule has 1 rings (SSSR count). The van der Waals surface area contributed by atoms with E-state index in [-0.39, 0.29) is 12.5 Å². The van der Waals surface area contributed by atoms with Crippen molar-refractivity contribution in [2.24, 2.45) is 5.92 Å². The molecule has 0 aliphatic rings. The summed E-state index contributed by atoms with van der Waals surface area (Å²) in [6, 6.07) is 0. The molecule has 0 atom stereocenters. The first kappa shape index (κ1) is 17.4. The molecule has 1 aromatic heterocycles. The number of nitrogens with two attached hydrogens (primary N) is 1. The van der Waals surface area contributed by atoms with Crippen LogP contribution in [-0.2, 0) is 9.53 Å². The highest BCUT2D eigenvalue weighted by molar-refractivity contribution is 7.17. The largest absolute Gasteiger partial charge is 0.468 e.